The van der Waals surface area contributed by atoms with Crippen LogP contribution in [0, 0.1) is 13.8 Å². The molecule has 1 amide bonds. The summed E-state index contributed by atoms with van der Waals surface area (Å²) in [5, 5.41) is 9.19. The summed E-state index contributed by atoms with van der Waals surface area (Å²) in [7, 11) is 0. The van der Waals surface area contributed by atoms with E-state index in [1.165, 1.54) is 0 Å². The Morgan fingerprint density at radius 3 is 2.57 bits per heavy atom. The lowest BCUT2D eigenvalue weighted by Crippen LogP contribution is -2.25. The van der Waals surface area contributed by atoms with Gasteiger partial charge in [0.2, 0.25) is 0 Å². The molecule has 1 N–H and O–H groups in total. The summed E-state index contributed by atoms with van der Waals surface area (Å²) in [5.74, 6) is -0.285. The molecule has 0 saturated heterocycles. The number of amides is 1. The van der Waals surface area contributed by atoms with E-state index >= 15 is 0 Å². The molecule has 0 unspecified atom stereocenters. The molecule has 0 aliphatic rings. The maximum atomic E-state index is 12.0. The van der Waals surface area contributed by atoms with Crippen molar-refractivity contribution in [3.05, 3.63) is 50.2 Å². The van der Waals surface area contributed by atoms with E-state index in [0.29, 0.717) is 21.3 Å². The van der Waals surface area contributed by atoms with Crippen molar-refractivity contribution in [1.82, 2.24) is 15.2 Å². The summed E-state index contributed by atoms with van der Waals surface area (Å²) in [6.45, 7) is 5.56. The first kappa shape index (κ1) is 17.8. The number of hydrogen-bond donors (Lipinski definition) is 1. The molecule has 0 radical (unpaired) electrons. The predicted octanol–water partition coefficient (Wildman–Crippen LogP) is 4.00. The molecular weight excluding hydrogens is 359 g/mol. The first-order chi connectivity index (χ1) is 10.8. The van der Waals surface area contributed by atoms with Crippen LogP contribution in [0.3, 0.4) is 0 Å². The van der Waals surface area contributed by atoms with Gasteiger partial charge in [0, 0.05) is 11.3 Å². The van der Waals surface area contributed by atoms with Gasteiger partial charge in [-0.15, -0.1) is 0 Å². The molecule has 0 aliphatic carbocycles. The maximum absolute atomic E-state index is 12.0. The third-order valence-electron chi connectivity index (χ3n) is 3.17. The molecule has 1 heterocycles. The number of carbonyl (C=O) groups is 1. The fourth-order valence-corrected chi connectivity index (χ4v) is 2.69. The van der Waals surface area contributed by atoms with Gasteiger partial charge in [0.05, 0.1) is 26.5 Å². The summed E-state index contributed by atoms with van der Waals surface area (Å²) in [5.41, 5.74) is 5.38. The zero-order valence-corrected chi connectivity index (χ0v) is 15.1. The Kier molecular flexibility index (Phi) is 5.68. The third-order valence-corrected chi connectivity index (χ3v) is 4.46. The summed E-state index contributed by atoms with van der Waals surface area (Å²) in [4.78, 5) is 12.0. The van der Waals surface area contributed by atoms with Gasteiger partial charge in [0.25, 0.3) is 5.91 Å². The molecule has 2 aromatic rings. The molecule has 0 bridgehead atoms. The molecule has 1 aromatic heterocycles. The Labute approximate surface area is 149 Å². The van der Waals surface area contributed by atoms with E-state index in [1.807, 2.05) is 19.9 Å². The van der Waals surface area contributed by atoms with E-state index in [4.69, 9.17) is 34.8 Å². The maximum Gasteiger partial charge on any atom is 0.261 e. The Morgan fingerprint density at radius 2 is 1.96 bits per heavy atom. The lowest BCUT2D eigenvalue weighted by atomic mass is 10.1. The number of aromatic nitrogens is 2. The number of nitrogens with zero attached hydrogens (tertiary/aromatic N) is 3. The van der Waals surface area contributed by atoms with Gasteiger partial charge in [-0.1, -0.05) is 40.9 Å². The standard InChI is InChI=1S/C15H15Cl3N4O/c1-8-6-9(2)22(21-8)7-13(23)20-19-10(3)11-4-5-12(16)15(18)14(11)17/h4-6H,7H2,1-3H3,(H,20,23)/b19-10+. The average Bonchev–Trinajstić information content (AvgIpc) is 2.80. The van der Waals surface area contributed by atoms with Crippen LogP contribution in [-0.2, 0) is 11.3 Å². The van der Waals surface area contributed by atoms with Gasteiger partial charge >= 0.3 is 0 Å². The largest absolute Gasteiger partial charge is 0.271 e. The molecule has 0 atom stereocenters. The van der Waals surface area contributed by atoms with Crippen LogP contribution in [0.4, 0.5) is 0 Å². The van der Waals surface area contributed by atoms with Crippen molar-refractivity contribution in [3.8, 4) is 0 Å². The van der Waals surface area contributed by atoms with Crippen LogP contribution < -0.4 is 5.43 Å². The first-order valence-electron chi connectivity index (χ1n) is 6.77. The predicted molar refractivity (Wildman–Crippen MR) is 93.5 cm³/mol. The highest BCUT2D eigenvalue weighted by Gasteiger charge is 2.12. The van der Waals surface area contributed by atoms with Gasteiger partial charge < -0.3 is 0 Å². The number of hydrazone groups is 1. The second-order valence-electron chi connectivity index (χ2n) is 5.04. The summed E-state index contributed by atoms with van der Waals surface area (Å²) in [6, 6.07) is 5.22. The number of nitrogens with one attached hydrogen (secondary N) is 1. The Morgan fingerprint density at radius 1 is 1.26 bits per heavy atom. The fourth-order valence-electron chi connectivity index (χ4n) is 2.02. The molecule has 0 spiro atoms. The van der Waals surface area contributed by atoms with E-state index < -0.39 is 0 Å². The van der Waals surface area contributed by atoms with Gasteiger partial charge in [-0.3, -0.25) is 9.48 Å². The van der Waals surface area contributed by atoms with E-state index in [2.05, 4.69) is 15.6 Å². The third kappa shape index (κ3) is 4.25. The Bertz CT molecular complexity index is 783. The lowest BCUT2D eigenvalue weighted by molar-refractivity contribution is -0.121. The van der Waals surface area contributed by atoms with Crippen molar-refractivity contribution in [2.24, 2.45) is 5.10 Å². The van der Waals surface area contributed by atoms with Crippen LogP contribution >= 0.6 is 34.8 Å². The summed E-state index contributed by atoms with van der Waals surface area (Å²) < 4.78 is 1.61. The van der Waals surface area contributed by atoms with Crippen LogP contribution in [0.15, 0.2) is 23.3 Å². The molecule has 5 nitrogen and oxygen atoms in total. The molecular formula is C15H15Cl3N4O. The second-order valence-corrected chi connectivity index (χ2v) is 6.20. The van der Waals surface area contributed by atoms with Crippen LogP contribution in [0.25, 0.3) is 0 Å². The zero-order chi connectivity index (χ0) is 17.1. The summed E-state index contributed by atoms with van der Waals surface area (Å²) >= 11 is 18.0. The van der Waals surface area contributed by atoms with Crippen molar-refractivity contribution in [2.45, 2.75) is 27.3 Å². The van der Waals surface area contributed by atoms with E-state index in [0.717, 1.165) is 11.4 Å². The minimum atomic E-state index is -0.285. The smallest absolute Gasteiger partial charge is 0.261 e. The minimum absolute atomic E-state index is 0.0888. The average molecular weight is 374 g/mol. The van der Waals surface area contributed by atoms with E-state index in [-0.39, 0.29) is 17.5 Å². The van der Waals surface area contributed by atoms with Crippen molar-refractivity contribution >= 4 is 46.4 Å². The lowest BCUT2D eigenvalue weighted by Gasteiger charge is -2.08. The van der Waals surface area contributed by atoms with Gasteiger partial charge in [-0.05, 0) is 32.9 Å². The van der Waals surface area contributed by atoms with Crippen LogP contribution in [0.1, 0.15) is 23.9 Å². The Hall–Kier alpha value is -1.56. The number of aryl methyl sites for hydroxylation is 2. The number of rotatable bonds is 4. The highest BCUT2D eigenvalue weighted by molar-refractivity contribution is 6.49. The minimum Gasteiger partial charge on any atom is -0.271 e. The number of halogens is 3. The quantitative estimate of drug-likeness (QED) is 0.500. The van der Waals surface area contributed by atoms with Gasteiger partial charge in [-0.25, -0.2) is 5.43 Å². The first-order valence-corrected chi connectivity index (χ1v) is 7.91. The van der Waals surface area contributed by atoms with Crippen molar-refractivity contribution in [3.63, 3.8) is 0 Å². The molecule has 122 valence electrons. The molecule has 0 saturated carbocycles. The highest BCUT2D eigenvalue weighted by atomic mass is 35.5. The van der Waals surface area contributed by atoms with Gasteiger partial charge in [0.15, 0.2) is 0 Å². The molecule has 23 heavy (non-hydrogen) atoms. The van der Waals surface area contributed by atoms with E-state index in [1.54, 1.807) is 23.7 Å². The molecule has 1 aromatic carbocycles. The molecule has 2 rings (SSSR count). The highest BCUT2D eigenvalue weighted by Crippen LogP contribution is 2.32. The molecule has 0 fully saturated rings. The van der Waals surface area contributed by atoms with Crippen LogP contribution in [0.5, 0.6) is 0 Å². The van der Waals surface area contributed by atoms with Gasteiger partial charge in [-0.2, -0.15) is 10.2 Å². The summed E-state index contributed by atoms with van der Waals surface area (Å²) in [6.07, 6.45) is 0. The van der Waals surface area contributed by atoms with Crippen molar-refractivity contribution < 1.29 is 4.79 Å². The number of carbonyl (C=O) groups excluding carboxylic acids is 1. The van der Waals surface area contributed by atoms with Crippen LogP contribution in [0.2, 0.25) is 15.1 Å². The molecule has 8 heteroatoms. The van der Waals surface area contributed by atoms with E-state index in [9.17, 15) is 4.79 Å². The fraction of sp³-hybridized carbons (Fsp3) is 0.267. The number of benzene rings is 1. The number of hydrogen-bond acceptors (Lipinski definition) is 3. The van der Waals surface area contributed by atoms with Crippen molar-refractivity contribution in [2.75, 3.05) is 0 Å². The molecule has 0 aliphatic heterocycles. The SMILES string of the molecule is C/C(=N\NC(=O)Cn1nc(C)cc1C)c1ccc(Cl)c(Cl)c1Cl. The Balaban J connectivity index is 2.09. The zero-order valence-electron chi connectivity index (χ0n) is 12.8. The van der Waals surface area contributed by atoms with Gasteiger partial charge in [0.1, 0.15) is 6.54 Å². The normalized spacial score (nSPS) is 11.7. The van der Waals surface area contributed by atoms with Crippen LogP contribution in [-0.4, -0.2) is 21.4 Å². The van der Waals surface area contributed by atoms with Crippen molar-refractivity contribution in [1.29, 1.82) is 0 Å². The second kappa shape index (κ2) is 7.34. The monoisotopic (exact) mass is 372 g/mol. The topological polar surface area (TPSA) is 59.3 Å².